The Labute approximate surface area is 145 Å². The van der Waals surface area contributed by atoms with E-state index in [0.29, 0.717) is 5.75 Å². The summed E-state index contributed by atoms with van der Waals surface area (Å²) in [6, 6.07) is 8.41. The number of carbonyl (C=O) groups excluding carboxylic acids is 2. The first-order valence-corrected chi connectivity index (χ1v) is 7.75. The summed E-state index contributed by atoms with van der Waals surface area (Å²) >= 11 is 0. The van der Waals surface area contributed by atoms with Crippen LogP contribution in [0.5, 0.6) is 11.6 Å². The van der Waals surface area contributed by atoms with Crippen molar-refractivity contribution in [1.82, 2.24) is 10.3 Å². The minimum atomic E-state index is -1.22. The molecule has 0 aliphatic rings. The van der Waals surface area contributed by atoms with Gasteiger partial charge in [0.15, 0.2) is 0 Å². The zero-order chi connectivity index (χ0) is 18.6. The van der Waals surface area contributed by atoms with Crippen LogP contribution in [-0.4, -0.2) is 22.3 Å². The highest BCUT2D eigenvalue weighted by Crippen LogP contribution is 2.24. The first-order valence-electron chi connectivity index (χ1n) is 7.75. The summed E-state index contributed by atoms with van der Waals surface area (Å²) < 4.78 is 18.6. The fourth-order valence-corrected chi connectivity index (χ4v) is 2.05. The number of carbonyl (C=O) groups is 2. The average molecular weight is 345 g/mol. The minimum absolute atomic E-state index is 0.0437. The fourth-order valence-electron chi connectivity index (χ4n) is 2.05. The van der Waals surface area contributed by atoms with Crippen LogP contribution in [0.3, 0.4) is 0 Å². The van der Waals surface area contributed by atoms with Gasteiger partial charge in [-0.2, -0.15) is 0 Å². The number of hydrogen-bond acceptors (Lipinski definition) is 4. The van der Waals surface area contributed by atoms with Crippen LogP contribution >= 0.6 is 0 Å². The van der Waals surface area contributed by atoms with Gasteiger partial charge in [-0.05, 0) is 49.2 Å². The number of aromatic nitrogens is 1. The first kappa shape index (κ1) is 18.4. The molecule has 0 saturated carbocycles. The molecule has 3 N–H and O–H groups in total. The average Bonchev–Trinajstić information content (AvgIpc) is 2.57. The van der Waals surface area contributed by atoms with E-state index in [-0.39, 0.29) is 17.4 Å². The van der Waals surface area contributed by atoms with Gasteiger partial charge in [0.05, 0.1) is 0 Å². The van der Waals surface area contributed by atoms with Gasteiger partial charge in [-0.15, -0.1) is 0 Å². The minimum Gasteiger partial charge on any atom is -0.438 e. The van der Waals surface area contributed by atoms with Crippen molar-refractivity contribution in [3.63, 3.8) is 0 Å². The van der Waals surface area contributed by atoms with E-state index in [4.69, 9.17) is 10.5 Å². The summed E-state index contributed by atoms with van der Waals surface area (Å²) in [7, 11) is 0. The Balaban J connectivity index is 2.29. The van der Waals surface area contributed by atoms with Gasteiger partial charge in [0.1, 0.15) is 22.7 Å². The van der Waals surface area contributed by atoms with Gasteiger partial charge < -0.3 is 15.8 Å². The van der Waals surface area contributed by atoms with E-state index >= 15 is 0 Å². The summed E-state index contributed by atoms with van der Waals surface area (Å²) in [5, 5.41) is 2.65. The van der Waals surface area contributed by atoms with E-state index in [9.17, 15) is 14.0 Å². The van der Waals surface area contributed by atoms with Crippen molar-refractivity contribution >= 4 is 11.8 Å². The highest BCUT2D eigenvalue weighted by atomic mass is 19.1. The van der Waals surface area contributed by atoms with Gasteiger partial charge in [-0.1, -0.05) is 13.8 Å². The van der Waals surface area contributed by atoms with Crippen molar-refractivity contribution in [1.29, 1.82) is 0 Å². The molecule has 0 aliphatic carbocycles. The van der Waals surface area contributed by atoms with Crippen molar-refractivity contribution in [2.75, 3.05) is 0 Å². The highest BCUT2D eigenvalue weighted by molar-refractivity contribution is 6.00. The molecule has 7 heteroatoms. The normalized spacial score (nSPS) is 13.2. The molecule has 0 aliphatic heterocycles. The lowest BCUT2D eigenvalue weighted by molar-refractivity contribution is -0.125. The first-order chi connectivity index (χ1) is 11.7. The second-order valence-corrected chi connectivity index (χ2v) is 6.09. The number of benzene rings is 1. The Hall–Kier alpha value is -2.96. The molecule has 1 aromatic carbocycles. The lowest BCUT2D eigenvalue weighted by atomic mass is 9.87. The fraction of sp³-hybridized carbons (Fsp3) is 0.278. The van der Waals surface area contributed by atoms with Crippen LogP contribution in [0.25, 0.3) is 0 Å². The molecule has 0 spiro atoms. The molecule has 0 radical (unpaired) electrons. The standard InChI is InChI=1S/C18H20FN3O3/c1-11(2)18(3,17(20)24)22-15(23)14-5-4-10-21-16(14)25-13-8-6-12(19)7-9-13/h4-11H,1-3H3,(H2,20,24)(H,22,23). The summed E-state index contributed by atoms with van der Waals surface area (Å²) in [6.45, 7) is 5.13. The topological polar surface area (TPSA) is 94.3 Å². The highest BCUT2D eigenvalue weighted by Gasteiger charge is 2.37. The molecule has 6 nitrogen and oxygen atoms in total. The molecule has 2 aromatic rings. The number of nitrogens with zero attached hydrogens (tertiary/aromatic N) is 1. The van der Waals surface area contributed by atoms with E-state index in [1.165, 1.54) is 36.5 Å². The quantitative estimate of drug-likeness (QED) is 0.841. The van der Waals surface area contributed by atoms with Crippen molar-refractivity contribution < 1.29 is 18.7 Å². The summed E-state index contributed by atoms with van der Waals surface area (Å²) in [6.07, 6.45) is 1.46. The number of amides is 2. The van der Waals surface area contributed by atoms with Gasteiger partial charge in [0, 0.05) is 6.20 Å². The van der Waals surface area contributed by atoms with Crippen LogP contribution in [0.2, 0.25) is 0 Å². The maximum absolute atomic E-state index is 13.0. The number of ether oxygens (including phenoxy) is 1. The largest absolute Gasteiger partial charge is 0.438 e. The smallest absolute Gasteiger partial charge is 0.257 e. The third kappa shape index (κ3) is 4.12. The van der Waals surface area contributed by atoms with E-state index in [1.807, 2.05) is 0 Å². The van der Waals surface area contributed by atoms with E-state index < -0.39 is 23.2 Å². The number of pyridine rings is 1. The molecule has 2 rings (SSSR count). The van der Waals surface area contributed by atoms with Crippen LogP contribution < -0.4 is 15.8 Å². The second kappa shape index (κ2) is 7.29. The van der Waals surface area contributed by atoms with Crippen molar-refractivity contribution in [3.8, 4) is 11.6 Å². The van der Waals surface area contributed by atoms with Gasteiger partial charge in [0.2, 0.25) is 11.8 Å². The number of halogens is 1. The lowest BCUT2D eigenvalue weighted by Gasteiger charge is -2.31. The molecule has 1 heterocycles. The third-order valence-electron chi connectivity index (χ3n) is 4.08. The number of hydrogen-bond donors (Lipinski definition) is 2. The van der Waals surface area contributed by atoms with E-state index in [1.54, 1.807) is 26.8 Å². The predicted octanol–water partition coefficient (Wildman–Crippen LogP) is 2.64. The predicted molar refractivity (Wildman–Crippen MR) is 90.6 cm³/mol. The van der Waals surface area contributed by atoms with Crippen molar-refractivity contribution in [3.05, 3.63) is 54.0 Å². The van der Waals surface area contributed by atoms with E-state index in [0.717, 1.165) is 0 Å². The van der Waals surface area contributed by atoms with Gasteiger partial charge in [0.25, 0.3) is 5.91 Å². The number of rotatable bonds is 6. The van der Waals surface area contributed by atoms with Crippen LogP contribution in [0, 0.1) is 11.7 Å². The third-order valence-corrected chi connectivity index (χ3v) is 4.08. The second-order valence-electron chi connectivity index (χ2n) is 6.09. The Morgan fingerprint density at radius 1 is 1.24 bits per heavy atom. The zero-order valence-electron chi connectivity index (χ0n) is 14.2. The number of primary amides is 1. The molecule has 0 bridgehead atoms. The Morgan fingerprint density at radius 2 is 1.88 bits per heavy atom. The van der Waals surface area contributed by atoms with Crippen LogP contribution in [0.1, 0.15) is 31.1 Å². The van der Waals surface area contributed by atoms with E-state index in [2.05, 4.69) is 10.3 Å². The van der Waals surface area contributed by atoms with Crippen molar-refractivity contribution in [2.24, 2.45) is 11.7 Å². The zero-order valence-corrected chi connectivity index (χ0v) is 14.2. The molecular formula is C18H20FN3O3. The molecule has 1 atom stereocenters. The number of nitrogens with one attached hydrogen (secondary N) is 1. The monoisotopic (exact) mass is 345 g/mol. The Kier molecular flexibility index (Phi) is 5.36. The SMILES string of the molecule is CC(C)C(C)(NC(=O)c1cccnc1Oc1ccc(F)cc1)C(N)=O. The molecule has 132 valence electrons. The van der Waals surface area contributed by atoms with Gasteiger partial charge >= 0.3 is 0 Å². The Bertz CT molecular complexity index is 777. The molecule has 0 fully saturated rings. The summed E-state index contributed by atoms with van der Waals surface area (Å²) in [5.74, 6) is -1.42. The van der Waals surface area contributed by atoms with Crippen LogP contribution in [0.15, 0.2) is 42.6 Å². The molecule has 1 unspecified atom stereocenters. The lowest BCUT2D eigenvalue weighted by Crippen LogP contribution is -2.58. The number of nitrogens with two attached hydrogens (primary N) is 1. The molecule has 1 aromatic heterocycles. The van der Waals surface area contributed by atoms with Crippen molar-refractivity contribution in [2.45, 2.75) is 26.3 Å². The Morgan fingerprint density at radius 3 is 2.44 bits per heavy atom. The maximum atomic E-state index is 13.0. The van der Waals surface area contributed by atoms with Gasteiger partial charge in [-0.3, -0.25) is 9.59 Å². The molecule has 25 heavy (non-hydrogen) atoms. The molecular weight excluding hydrogens is 325 g/mol. The summed E-state index contributed by atoms with van der Waals surface area (Å²) in [4.78, 5) is 28.4. The maximum Gasteiger partial charge on any atom is 0.257 e. The van der Waals surface area contributed by atoms with Crippen LogP contribution in [-0.2, 0) is 4.79 Å². The van der Waals surface area contributed by atoms with Gasteiger partial charge in [-0.25, -0.2) is 9.37 Å². The van der Waals surface area contributed by atoms with Crippen LogP contribution in [0.4, 0.5) is 4.39 Å². The molecule has 0 saturated heterocycles. The summed E-state index contributed by atoms with van der Waals surface area (Å²) in [5.41, 5.74) is 4.35. The molecule has 2 amide bonds.